The molecule has 1 fully saturated rings. The van der Waals surface area contributed by atoms with Gasteiger partial charge in [0.15, 0.2) is 0 Å². The maximum Gasteiger partial charge on any atom is 0.244 e. The molecule has 1 aliphatic rings. The lowest BCUT2D eigenvalue weighted by Crippen LogP contribution is -2.48. The highest BCUT2D eigenvalue weighted by molar-refractivity contribution is 7.89. The maximum absolute atomic E-state index is 12.6. The van der Waals surface area contributed by atoms with E-state index in [9.17, 15) is 8.42 Å². The molecule has 6 heteroatoms. The van der Waals surface area contributed by atoms with Crippen LogP contribution in [0.4, 0.5) is 0 Å². The summed E-state index contributed by atoms with van der Waals surface area (Å²) >= 11 is 1.53. The minimum atomic E-state index is -3.34. The monoisotopic (exact) mass is 288 g/mol. The predicted molar refractivity (Wildman–Crippen MR) is 74.3 cm³/mol. The SMILES string of the molecule is Cc1cc(S(=O)(=O)N2CCC(N)C(C)C2)c(C)s1. The van der Waals surface area contributed by atoms with Gasteiger partial charge in [0, 0.05) is 28.9 Å². The van der Waals surface area contributed by atoms with Crippen molar-refractivity contribution < 1.29 is 8.42 Å². The molecule has 2 atom stereocenters. The number of nitrogens with two attached hydrogens (primary N) is 1. The first-order chi connectivity index (χ1) is 8.32. The summed E-state index contributed by atoms with van der Waals surface area (Å²) in [6.45, 7) is 6.87. The summed E-state index contributed by atoms with van der Waals surface area (Å²) in [5, 5.41) is 0. The summed E-state index contributed by atoms with van der Waals surface area (Å²) in [6, 6.07) is 1.89. The lowest BCUT2D eigenvalue weighted by atomic mass is 9.96. The molecule has 1 aromatic rings. The summed E-state index contributed by atoms with van der Waals surface area (Å²) in [4.78, 5) is 2.37. The number of rotatable bonds is 2. The van der Waals surface area contributed by atoms with Gasteiger partial charge in [-0.2, -0.15) is 4.31 Å². The van der Waals surface area contributed by atoms with E-state index in [-0.39, 0.29) is 12.0 Å². The number of sulfonamides is 1. The Morgan fingerprint density at radius 1 is 1.44 bits per heavy atom. The van der Waals surface area contributed by atoms with Crippen LogP contribution in [0.5, 0.6) is 0 Å². The third kappa shape index (κ3) is 2.47. The second kappa shape index (κ2) is 4.92. The van der Waals surface area contributed by atoms with Gasteiger partial charge < -0.3 is 5.73 Å². The van der Waals surface area contributed by atoms with Crippen LogP contribution in [0.25, 0.3) is 0 Å². The quantitative estimate of drug-likeness (QED) is 0.901. The van der Waals surface area contributed by atoms with E-state index in [1.54, 1.807) is 10.4 Å². The fraction of sp³-hybridized carbons (Fsp3) is 0.667. The van der Waals surface area contributed by atoms with Gasteiger partial charge >= 0.3 is 0 Å². The lowest BCUT2D eigenvalue weighted by molar-refractivity contribution is 0.250. The molecule has 0 amide bonds. The van der Waals surface area contributed by atoms with Crippen molar-refractivity contribution in [1.82, 2.24) is 4.31 Å². The van der Waals surface area contributed by atoms with E-state index in [2.05, 4.69) is 0 Å². The van der Waals surface area contributed by atoms with Crippen molar-refractivity contribution in [3.05, 3.63) is 15.8 Å². The smallest absolute Gasteiger partial charge is 0.244 e. The third-order valence-corrected chi connectivity index (χ3v) is 6.63. The van der Waals surface area contributed by atoms with Crippen molar-refractivity contribution in [3.8, 4) is 0 Å². The normalized spacial score (nSPS) is 26.4. The number of piperidine rings is 1. The minimum absolute atomic E-state index is 0.113. The van der Waals surface area contributed by atoms with Crippen LogP contribution in [0, 0.1) is 19.8 Å². The fourth-order valence-electron chi connectivity index (χ4n) is 2.35. The van der Waals surface area contributed by atoms with E-state index in [4.69, 9.17) is 5.73 Å². The molecule has 18 heavy (non-hydrogen) atoms. The Bertz CT molecular complexity index is 536. The van der Waals surface area contributed by atoms with Gasteiger partial charge in [0.25, 0.3) is 0 Å². The number of hydrogen-bond acceptors (Lipinski definition) is 4. The molecule has 102 valence electrons. The Labute approximate surface area is 113 Å². The standard InChI is InChI=1S/C12H20N2O2S2/c1-8-7-14(5-4-11(8)13)18(15,16)12-6-9(2)17-10(12)3/h6,8,11H,4-5,7,13H2,1-3H3. The van der Waals surface area contributed by atoms with Crippen LogP contribution in [0.2, 0.25) is 0 Å². The second-order valence-electron chi connectivity index (χ2n) is 5.07. The highest BCUT2D eigenvalue weighted by atomic mass is 32.2. The van der Waals surface area contributed by atoms with E-state index < -0.39 is 10.0 Å². The third-order valence-electron chi connectivity index (χ3n) is 3.55. The minimum Gasteiger partial charge on any atom is -0.327 e. The first-order valence-corrected chi connectivity index (χ1v) is 8.41. The van der Waals surface area contributed by atoms with Crippen molar-refractivity contribution >= 4 is 21.4 Å². The zero-order valence-electron chi connectivity index (χ0n) is 11.0. The van der Waals surface area contributed by atoms with Crippen molar-refractivity contribution in [1.29, 1.82) is 0 Å². The van der Waals surface area contributed by atoms with Crippen molar-refractivity contribution in [3.63, 3.8) is 0 Å². The van der Waals surface area contributed by atoms with Crippen LogP contribution < -0.4 is 5.73 Å². The van der Waals surface area contributed by atoms with Crippen LogP contribution in [-0.4, -0.2) is 31.9 Å². The van der Waals surface area contributed by atoms with Gasteiger partial charge in [-0.1, -0.05) is 6.92 Å². The molecule has 2 unspecified atom stereocenters. The van der Waals surface area contributed by atoms with E-state index in [0.717, 1.165) is 16.2 Å². The summed E-state index contributed by atoms with van der Waals surface area (Å²) in [7, 11) is -3.34. The highest BCUT2D eigenvalue weighted by Gasteiger charge is 2.33. The summed E-state index contributed by atoms with van der Waals surface area (Å²) < 4.78 is 26.7. The molecule has 1 aromatic heterocycles. The largest absolute Gasteiger partial charge is 0.327 e. The van der Waals surface area contributed by atoms with Crippen LogP contribution in [0.1, 0.15) is 23.1 Å². The molecular formula is C12H20N2O2S2. The first kappa shape index (κ1) is 14.0. The number of hydrogen-bond donors (Lipinski definition) is 1. The van der Waals surface area contributed by atoms with Gasteiger partial charge in [-0.25, -0.2) is 8.42 Å². The lowest BCUT2D eigenvalue weighted by Gasteiger charge is -2.34. The number of nitrogens with zero attached hydrogens (tertiary/aromatic N) is 1. The van der Waals surface area contributed by atoms with E-state index in [1.807, 2.05) is 20.8 Å². The predicted octanol–water partition coefficient (Wildman–Crippen LogP) is 1.72. The summed E-state index contributed by atoms with van der Waals surface area (Å²) in [5.41, 5.74) is 5.94. The van der Waals surface area contributed by atoms with Gasteiger partial charge in [0.1, 0.15) is 0 Å². The Hall–Kier alpha value is -0.430. The second-order valence-corrected chi connectivity index (χ2v) is 8.44. The molecule has 1 saturated heterocycles. The molecular weight excluding hydrogens is 268 g/mol. The van der Waals surface area contributed by atoms with Crippen LogP contribution >= 0.6 is 11.3 Å². The molecule has 2 rings (SSSR count). The van der Waals surface area contributed by atoms with Crippen LogP contribution in [0.15, 0.2) is 11.0 Å². The van der Waals surface area contributed by atoms with Crippen LogP contribution in [0.3, 0.4) is 0 Å². The van der Waals surface area contributed by atoms with Gasteiger partial charge in [-0.05, 0) is 32.3 Å². The highest BCUT2D eigenvalue weighted by Crippen LogP contribution is 2.29. The van der Waals surface area contributed by atoms with Crippen LogP contribution in [-0.2, 0) is 10.0 Å². The molecule has 0 spiro atoms. The molecule has 0 aliphatic carbocycles. The molecule has 2 heterocycles. The van der Waals surface area contributed by atoms with E-state index in [1.165, 1.54) is 11.3 Å². The first-order valence-electron chi connectivity index (χ1n) is 6.15. The average molecular weight is 288 g/mol. The van der Waals surface area contributed by atoms with Gasteiger partial charge in [0.2, 0.25) is 10.0 Å². The Balaban J connectivity index is 2.29. The van der Waals surface area contributed by atoms with Crippen molar-refractivity contribution in [2.75, 3.05) is 13.1 Å². The Morgan fingerprint density at radius 3 is 2.61 bits per heavy atom. The molecule has 1 aliphatic heterocycles. The van der Waals surface area contributed by atoms with Crippen molar-refractivity contribution in [2.45, 2.75) is 38.1 Å². The van der Waals surface area contributed by atoms with E-state index in [0.29, 0.717) is 18.0 Å². The summed E-state index contributed by atoms with van der Waals surface area (Å²) in [6.07, 6.45) is 0.739. The van der Waals surface area contributed by atoms with Crippen molar-refractivity contribution in [2.24, 2.45) is 11.7 Å². The topological polar surface area (TPSA) is 63.4 Å². The number of aryl methyl sites for hydroxylation is 2. The molecule has 0 bridgehead atoms. The average Bonchev–Trinajstić information content (AvgIpc) is 2.62. The van der Waals surface area contributed by atoms with E-state index >= 15 is 0 Å². The summed E-state index contributed by atoms with van der Waals surface area (Å²) in [5.74, 6) is 0.216. The Kier molecular flexibility index (Phi) is 3.82. The zero-order chi connectivity index (χ0) is 13.5. The van der Waals surface area contributed by atoms with Gasteiger partial charge in [-0.3, -0.25) is 0 Å². The Morgan fingerprint density at radius 2 is 2.11 bits per heavy atom. The molecule has 0 saturated carbocycles. The molecule has 0 aromatic carbocycles. The zero-order valence-corrected chi connectivity index (χ0v) is 12.6. The fourth-order valence-corrected chi connectivity index (χ4v) is 5.43. The molecule has 4 nitrogen and oxygen atoms in total. The van der Waals surface area contributed by atoms with Gasteiger partial charge in [-0.15, -0.1) is 11.3 Å². The number of thiophene rings is 1. The molecule has 2 N–H and O–H groups in total. The van der Waals surface area contributed by atoms with Gasteiger partial charge in [0.05, 0.1) is 4.90 Å². The molecule has 0 radical (unpaired) electrons. The maximum atomic E-state index is 12.6.